The Hall–Kier alpha value is -0.640. The van der Waals surface area contributed by atoms with Crippen LogP contribution in [0.3, 0.4) is 0 Å². The van der Waals surface area contributed by atoms with E-state index in [2.05, 4.69) is 0 Å². The van der Waals surface area contributed by atoms with Crippen molar-refractivity contribution in [3.05, 3.63) is 0 Å². The van der Waals surface area contributed by atoms with Crippen molar-refractivity contribution in [2.75, 3.05) is 19.8 Å². The van der Waals surface area contributed by atoms with Crippen LogP contribution in [0.2, 0.25) is 0 Å². The first kappa shape index (κ1) is 27.9. The highest BCUT2D eigenvalue weighted by atomic mass is 16.8. The van der Waals surface area contributed by atoms with Gasteiger partial charge in [-0.25, -0.2) is 0 Å². The van der Waals surface area contributed by atoms with E-state index in [1.54, 1.807) is 0 Å². The minimum Gasteiger partial charge on any atom is -0.394 e. The summed E-state index contributed by atoms with van der Waals surface area (Å²) < 4.78 is 26.5. The Balaban J connectivity index is 1.84. The zero-order chi connectivity index (χ0) is 25.3. The van der Waals surface area contributed by atoms with Gasteiger partial charge in [-0.3, -0.25) is 0 Å². The summed E-state index contributed by atoms with van der Waals surface area (Å²) >= 11 is 0. The van der Waals surface area contributed by atoms with Gasteiger partial charge < -0.3 is 79.9 Å². The number of hydrogen-bond acceptors (Lipinski definition) is 16. The second-order valence-corrected chi connectivity index (χ2v) is 8.33. The minimum absolute atomic E-state index is 0.762. The molecule has 3 fully saturated rings. The summed E-state index contributed by atoms with van der Waals surface area (Å²) in [6.07, 6.45) is -25.7. The molecule has 3 rings (SSSR count). The van der Waals surface area contributed by atoms with Crippen molar-refractivity contribution >= 4 is 0 Å². The van der Waals surface area contributed by atoms with Crippen LogP contribution in [0.5, 0.6) is 0 Å². The first-order chi connectivity index (χ1) is 16.0. The van der Waals surface area contributed by atoms with Crippen LogP contribution in [0.1, 0.15) is 0 Å². The Morgan fingerprint density at radius 1 is 0.441 bits per heavy atom. The lowest BCUT2D eigenvalue weighted by atomic mass is 9.96. The summed E-state index contributed by atoms with van der Waals surface area (Å²) in [7, 11) is 0. The molecule has 200 valence electrons. The fourth-order valence-electron chi connectivity index (χ4n) is 4.03. The molecule has 3 saturated heterocycles. The highest BCUT2D eigenvalue weighted by molar-refractivity contribution is 4.96. The molecule has 0 aromatic heterocycles. The average molecular weight is 504 g/mol. The van der Waals surface area contributed by atoms with Gasteiger partial charge in [-0.1, -0.05) is 0 Å². The Bertz CT molecular complexity index is 639. The van der Waals surface area contributed by atoms with E-state index in [1.807, 2.05) is 0 Å². The predicted molar refractivity (Wildman–Crippen MR) is 101 cm³/mol. The quantitative estimate of drug-likeness (QED) is 0.154. The second kappa shape index (κ2) is 11.6. The maximum Gasteiger partial charge on any atom is 0.187 e. The molecule has 0 aromatic carbocycles. The van der Waals surface area contributed by atoms with Crippen molar-refractivity contribution < 1.29 is 79.9 Å². The average Bonchev–Trinajstić information content (AvgIpc) is 2.83. The Labute approximate surface area is 192 Å². The molecule has 3 heterocycles. The lowest BCUT2D eigenvalue weighted by Crippen LogP contribution is -2.67. The van der Waals surface area contributed by atoms with Crippen molar-refractivity contribution in [1.29, 1.82) is 0 Å². The molecular formula is C18H32O16. The van der Waals surface area contributed by atoms with Gasteiger partial charge >= 0.3 is 0 Å². The first-order valence-electron chi connectivity index (χ1n) is 10.6. The summed E-state index contributed by atoms with van der Waals surface area (Å²) in [5.74, 6) is 0. The molecule has 15 atom stereocenters. The summed E-state index contributed by atoms with van der Waals surface area (Å²) in [5.41, 5.74) is 0. The zero-order valence-electron chi connectivity index (χ0n) is 17.7. The van der Waals surface area contributed by atoms with E-state index < -0.39 is 112 Å². The molecule has 0 bridgehead atoms. The van der Waals surface area contributed by atoms with Gasteiger partial charge in [0, 0.05) is 0 Å². The molecule has 0 unspecified atom stereocenters. The van der Waals surface area contributed by atoms with Gasteiger partial charge in [0.15, 0.2) is 18.9 Å². The van der Waals surface area contributed by atoms with Gasteiger partial charge in [-0.05, 0) is 0 Å². The van der Waals surface area contributed by atoms with E-state index in [-0.39, 0.29) is 0 Å². The highest BCUT2D eigenvalue weighted by Gasteiger charge is 2.53. The van der Waals surface area contributed by atoms with E-state index in [0.29, 0.717) is 0 Å². The lowest BCUT2D eigenvalue weighted by Gasteiger charge is -2.48. The van der Waals surface area contributed by atoms with Crippen molar-refractivity contribution in [1.82, 2.24) is 0 Å². The molecule has 11 N–H and O–H groups in total. The molecule has 3 aliphatic rings. The summed E-state index contributed by atoms with van der Waals surface area (Å²) in [6.45, 7) is -2.34. The highest BCUT2D eigenvalue weighted by Crippen LogP contribution is 2.32. The molecule has 0 aliphatic carbocycles. The lowest BCUT2D eigenvalue weighted by molar-refractivity contribution is -0.387. The molecule has 0 aromatic rings. The monoisotopic (exact) mass is 504 g/mol. The van der Waals surface area contributed by atoms with Gasteiger partial charge in [-0.15, -0.1) is 0 Å². The Morgan fingerprint density at radius 2 is 0.912 bits per heavy atom. The third-order valence-electron chi connectivity index (χ3n) is 6.10. The predicted octanol–water partition coefficient (Wildman–Crippen LogP) is -7.57. The molecule has 0 amide bonds. The summed E-state index contributed by atoms with van der Waals surface area (Å²) in [5, 5.41) is 110. The number of aliphatic hydroxyl groups excluding tert-OH is 11. The normalized spacial score (nSPS) is 52.5. The van der Waals surface area contributed by atoms with E-state index in [9.17, 15) is 56.2 Å². The van der Waals surface area contributed by atoms with Crippen molar-refractivity contribution in [3.63, 3.8) is 0 Å². The van der Waals surface area contributed by atoms with Crippen LogP contribution in [-0.4, -0.2) is 168 Å². The van der Waals surface area contributed by atoms with Crippen molar-refractivity contribution in [2.24, 2.45) is 0 Å². The molecule has 0 radical (unpaired) electrons. The number of hydrogen-bond donors (Lipinski definition) is 11. The number of aliphatic hydroxyl groups is 11. The first-order valence-corrected chi connectivity index (χ1v) is 10.6. The standard InChI is InChI=1S/C18H32O16/c19-1-4-7(22)10(25)12(27)17(31-4)34-15-11(26)8(23)5(2-20)32-18(15)33-14-9(24)6(3-21)30-16(29)13(14)28/h4-29H,1-3H2/t4-,5-,6-,7-,8+,9-,10+,11+,12-,13-,14+,15-,16+,17-,18-/m1/s1. The van der Waals surface area contributed by atoms with Crippen LogP contribution in [0.4, 0.5) is 0 Å². The SMILES string of the molecule is OC[C@H]1O[C@H](O[C@@H]2[C@@H](O)[C@@H](O)O[C@H](CO)[C@H]2O)[C@H](O[C@H]2O[C@H](CO)[C@@H](O)[C@H](O)[C@H]2O)[C@@H](O)[C@H]1O. The third kappa shape index (κ3) is 5.37. The number of ether oxygens (including phenoxy) is 5. The molecule has 16 heteroatoms. The van der Waals surface area contributed by atoms with Crippen LogP contribution in [0, 0.1) is 0 Å². The minimum atomic E-state index is -1.89. The Kier molecular flexibility index (Phi) is 9.54. The van der Waals surface area contributed by atoms with Crippen LogP contribution in [0.15, 0.2) is 0 Å². The molecule has 16 nitrogen and oxygen atoms in total. The maximum atomic E-state index is 10.6. The van der Waals surface area contributed by atoms with Gasteiger partial charge in [-0.2, -0.15) is 0 Å². The summed E-state index contributed by atoms with van der Waals surface area (Å²) in [6, 6.07) is 0. The molecule has 34 heavy (non-hydrogen) atoms. The molecular weight excluding hydrogens is 472 g/mol. The second-order valence-electron chi connectivity index (χ2n) is 8.33. The third-order valence-corrected chi connectivity index (χ3v) is 6.10. The largest absolute Gasteiger partial charge is 0.394 e. The van der Waals surface area contributed by atoms with E-state index in [4.69, 9.17) is 23.7 Å². The fraction of sp³-hybridized carbons (Fsp3) is 1.00. The summed E-state index contributed by atoms with van der Waals surface area (Å²) in [4.78, 5) is 0. The van der Waals surface area contributed by atoms with E-state index in [0.717, 1.165) is 0 Å². The molecule has 3 aliphatic heterocycles. The molecule has 0 saturated carbocycles. The fourth-order valence-corrected chi connectivity index (χ4v) is 4.03. The van der Waals surface area contributed by atoms with Crippen molar-refractivity contribution in [2.45, 2.75) is 92.1 Å². The smallest absolute Gasteiger partial charge is 0.187 e. The van der Waals surface area contributed by atoms with Gasteiger partial charge in [0.1, 0.15) is 73.2 Å². The van der Waals surface area contributed by atoms with Crippen LogP contribution >= 0.6 is 0 Å². The Morgan fingerprint density at radius 3 is 1.47 bits per heavy atom. The van der Waals surface area contributed by atoms with Crippen molar-refractivity contribution in [3.8, 4) is 0 Å². The van der Waals surface area contributed by atoms with Gasteiger partial charge in [0.25, 0.3) is 0 Å². The molecule has 0 spiro atoms. The number of rotatable bonds is 7. The topological polar surface area (TPSA) is 269 Å². The van der Waals surface area contributed by atoms with E-state index in [1.165, 1.54) is 0 Å². The maximum absolute atomic E-state index is 10.6. The van der Waals surface area contributed by atoms with Gasteiger partial charge in [0.2, 0.25) is 0 Å². The van der Waals surface area contributed by atoms with E-state index >= 15 is 0 Å². The van der Waals surface area contributed by atoms with Crippen LogP contribution in [0.25, 0.3) is 0 Å². The zero-order valence-corrected chi connectivity index (χ0v) is 17.7. The van der Waals surface area contributed by atoms with Gasteiger partial charge in [0.05, 0.1) is 19.8 Å². The van der Waals surface area contributed by atoms with Crippen LogP contribution in [-0.2, 0) is 23.7 Å². The van der Waals surface area contributed by atoms with Crippen LogP contribution < -0.4 is 0 Å².